The van der Waals surface area contributed by atoms with E-state index in [1.54, 1.807) is 19.2 Å². The summed E-state index contributed by atoms with van der Waals surface area (Å²) in [5, 5.41) is 0. The molecule has 0 aliphatic heterocycles. The van der Waals surface area contributed by atoms with E-state index in [1.807, 2.05) is 44.4 Å². The smallest absolute Gasteiger partial charge is 0.216 e. The van der Waals surface area contributed by atoms with Crippen LogP contribution in [0.4, 0.5) is 4.39 Å². The quantitative estimate of drug-likeness (QED) is 0.419. The first-order valence-electron chi connectivity index (χ1n) is 10.7. The van der Waals surface area contributed by atoms with E-state index in [2.05, 4.69) is 55.6 Å². The number of methoxy groups -OCH3 is 1. The van der Waals surface area contributed by atoms with Crippen LogP contribution in [0.25, 0.3) is 0 Å². The van der Waals surface area contributed by atoms with E-state index in [1.165, 1.54) is 17.3 Å². The fraction of sp³-hybridized carbons (Fsp3) is 0.423. The van der Waals surface area contributed by atoms with Crippen molar-refractivity contribution in [1.29, 1.82) is 0 Å². The lowest BCUT2D eigenvalue weighted by Gasteiger charge is -2.06. The number of rotatable bonds is 4. The van der Waals surface area contributed by atoms with Crippen LogP contribution in [0, 0.1) is 12.9 Å². The van der Waals surface area contributed by atoms with Crippen molar-refractivity contribution in [2.45, 2.75) is 66.2 Å². The van der Waals surface area contributed by atoms with E-state index in [-0.39, 0.29) is 11.9 Å². The Morgan fingerprint density at radius 1 is 0.742 bits per heavy atom. The average molecular weight is 426 g/mol. The second kappa shape index (κ2) is 13.5. The van der Waals surface area contributed by atoms with Crippen molar-refractivity contribution in [2.24, 2.45) is 0 Å². The summed E-state index contributed by atoms with van der Waals surface area (Å²) >= 11 is 0. The highest BCUT2D eigenvalue weighted by Crippen LogP contribution is 2.16. The van der Waals surface area contributed by atoms with E-state index in [0.717, 1.165) is 5.69 Å². The minimum atomic E-state index is -0.350. The Hall–Kier alpha value is -2.82. The van der Waals surface area contributed by atoms with Crippen LogP contribution in [0.2, 0.25) is 0 Å². The van der Waals surface area contributed by atoms with Gasteiger partial charge in [-0.2, -0.15) is 4.39 Å². The number of aromatic nitrogens is 3. The molecule has 3 aromatic heterocycles. The normalized spacial score (nSPS) is 10.3. The van der Waals surface area contributed by atoms with Crippen LogP contribution in [0.3, 0.4) is 0 Å². The Kier molecular flexibility index (Phi) is 11.4. The van der Waals surface area contributed by atoms with Gasteiger partial charge in [0, 0.05) is 35.9 Å². The van der Waals surface area contributed by atoms with Gasteiger partial charge in [-0.25, -0.2) is 9.97 Å². The fourth-order valence-electron chi connectivity index (χ4n) is 2.79. The van der Waals surface area contributed by atoms with E-state index in [0.29, 0.717) is 23.3 Å². The molecule has 5 heteroatoms. The third-order valence-electron chi connectivity index (χ3n) is 4.71. The standard InChI is InChI=1S/C9H13NO.C9H13N.C8H10FN/c1-7(2)8-4-5-9(11-3)10-6-8;1-7(2)9-5-4-6-10-8(9)3;1-6(2)7-4-3-5-10-8(7)9/h4-7H,1-3H3;4-7H,1-3H3;3-6H,1-2H3. The first-order chi connectivity index (χ1) is 14.7. The van der Waals surface area contributed by atoms with Gasteiger partial charge in [-0.05, 0) is 47.9 Å². The molecule has 0 atom stereocenters. The molecule has 0 spiro atoms. The highest BCUT2D eigenvalue weighted by atomic mass is 19.1. The second-order valence-electron chi connectivity index (χ2n) is 8.16. The lowest BCUT2D eigenvalue weighted by atomic mass is 10.0. The maximum atomic E-state index is 12.7. The zero-order valence-electron chi connectivity index (χ0n) is 20.1. The number of ether oxygens (including phenoxy) is 1. The van der Waals surface area contributed by atoms with Crippen LogP contribution in [-0.2, 0) is 0 Å². The van der Waals surface area contributed by atoms with Gasteiger partial charge in [-0.3, -0.25) is 4.98 Å². The summed E-state index contributed by atoms with van der Waals surface area (Å²) in [7, 11) is 1.62. The van der Waals surface area contributed by atoms with Gasteiger partial charge in [0.15, 0.2) is 0 Å². The highest BCUT2D eigenvalue weighted by Gasteiger charge is 2.04. The largest absolute Gasteiger partial charge is 0.481 e. The minimum absolute atomic E-state index is 0.216. The summed E-state index contributed by atoms with van der Waals surface area (Å²) in [5.74, 6) is 1.67. The molecule has 0 radical (unpaired) electrons. The minimum Gasteiger partial charge on any atom is -0.481 e. The van der Waals surface area contributed by atoms with E-state index in [9.17, 15) is 4.39 Å². The summed E-state index contributed by atoms with van der Waals surface area (Å²) in [6.45, 7) is 14.6. The Balaban J connectivity index is 0.000000233. The highest BCUT2D eigenvalue weighted by molar-refractivity contribution is 5.21. The molecule has 3 rings (SSSR count). The lowest BCUT2D eigenvalue weighted by Crippen LogP contribution is -1.94. The predicted octanol–water partition coefficient (Wildman–Crippen LogP) is 7.07. The first-order valence-corrected chi connectivity index (χ1v) is 10.7. The molecule has 0 aromatic carbocycles. The van der Waals surface area contributed by atoms with Crippen LogP contribution in [0.5, 0.6) is 5.88 Å². The average Bonchev–Trinajstić information content (AvgIpc) is 2.75. The van der Waals surface area contributed by atoms with Gasteiger partial charge < -0.3 is 4.74 Å². The van der Waals surface area contributed by atoms with Gasteiger partial charge in [-0.1, -0.05) is 59.7 Å². The molecular weight excluding hydrogens is 389 g/mol. The molecule has 0 N–H and O–H groups in total. The van der Waals surface area contributed by atoms with Gasteiger partial charge in [-0.15, -0.1) is 0 Å². The van der Waals surface area contributed by atoms with Crippen molar-refractivity contribution >= 4 is 0 Å². The summed E-state index contributed by atoms with van der Waals surface area (Å²) in [5.41, 5.74) is 4.42. The first kappa shape index (κ1) is 26.2. The number of pyridine rings is 3. The monoisotopic (exact) mass is 425 g/mol. The van der Waals surface area contributed by atoms with Crippen molar-refractivity contribution < 1.29 is 9.13 Å². The van der Waals surface area contributed by atoms with Gasteiger partial charge in [0.1, 0.15) is 0 Å². The third-order valence-corrected chi connectivity index (χ3v) is 4.71. The molecule has 0 unspecified atom stereocenters. The predicted molar refractivity (Wildman–Crippen MR) is 126 cm³/mol. The number of hydrogen-bond acceptors (Lipinski definition) is 4. The molecule has 0 fully saturated rings. The summed E-state index contributed by atoms with van der Waals surface area (Å²) in [4.78, 5) is 11.8. The van der Waals surface area contributed by atoms with Crippen LogP contribution in [0.1, 0.15) is 81.7 Å². The fourth-order valence-corrected chi connectivity index (χ4v) is 2.79. The van der Waals surface area contributed by atoms with E-state index < -0.39 is 0 Å². The van der Waals surface area contributed by atoms with Gasteiger partial charge >= 0.3 is 0 Å². The maximum Gasteiger partial charge on any atom is 0.216 e. The molecule has 31 heavy (non-hydrogen) atoms. The molecule has 0 amide bonds. The van der Waals surface area contributed by atoms with Gasteiger partial charge in [0.05, 0.1) is 7.11 Å². The Bertz CT molecular complexity index is 844. The number of halogens is 1. The van der Waals surface area contributed by atoms with Gasteiger partial charge in [0.2, 0.25) is 11.8 Å². The van der Waals surface area contributed by atoms with Crippen LogP contribution < -0.4 is 4.74 Å². The maximum absolute atomic E-state index is 12.7. The van der Waals surface area contributed by atoms with Crippen LogP contribution in [-0.4, -0.2) is 22.1 Å². The molecule has 0 aliphatic carbocycles. The van der Waals surface area contributed by atoms with Gasteiger partial charge in [0.25, 0.3) is 0 Å². The molecule has 3 aromatic rings. The van der Waals surface area contributed by atoms with Crippen LogP contribution in [0.15, 0.2) is 55.0 Å². The lowest BCUT2D eigenvalue weighted by molar-refractivity contribution is 0.397. The van der Waals surface area contributed by atoms with E-state index in [4.69, 9.17) is 4.74 Å². The molecule has 168 valence electrons. The molecule has 0 aliphatic rings. The van der Waals surface area contributed by atoms with Crippen molar-refractivity contribution in [3.05, 3.63) is 83.3 Å². The van der Waals surface area contributed by atoms with Crippen LogP contribution >= 0.6 is 0 Å². The zero-order valence-corrected chi connectivity index (χ0v) is 20.1. The molecule has 0 saturated carbocycles. The number of aryl methyl sites for hydroxylation is 1. The zero-order chi connectivity index (χ0) is 23.4. The molecule has 0 bridgehead atoms. The van der Waals surface area contributed by atoms with Crippen molar-refractivity contribution in [1.82, 2.24) is 15.0 Å². The molecule has 4 nitrogen and oxygen atoms in total. The summed E-state index contributed by atoms with van der Waals surface area (Å²) in [6, 6.07) is 11.5. The topological polar surface area (TPSA) is 47.9 Å². The number of nitrogens with zero attached hydrogens (tertiary/aromatic N) is 3. The molecule has 3 heterocycles. The van der Waals surface area contributed by atoms with E-state index >= 15 is 0 Å². The Morgan fingerprint density at radius 3 is 1.68 bits per heavy atom. The SMILES string of the molecule is CC(C)c1cccnc1F.COc1ccc(C(C)C)cn1.Cc1ncccc1C(C)C. The summed E-state index contributed by atoms with van der Waals surface area (Å²) < 4.78 is 17.7. The third kappa shape index (κ3) is 9.24. The molecule has 0 saturated heterocycles. The number of hydrogen-bond donors (Lipinski definition) is 0. The Morgan fingerprint density at radius 2 is 1.32 bits per heavy atom. The van der Waals surface area contributed by atoms with Crippen molar-refractivity contribution in [3.63, 3.8) is 0 Å². The van der Waals surface area contributed by atoms with Crippen molar-refractivity contribution in [3.8, 4) is 5.88 Å². The van der Waals surface area contributed by atoms with Crippen molar-refractivity contribution in [2.75, 3.05) is 7.11 Å². The molecular formula is C26H36FN3O. The Labute approximate surface area is 187 Å². The summed E-state index contributed by atoms with van der Waals surface area (Å²) in [6.07, 6.45) is 5.14. The second-order valence-corrected chi connectivity index (χ2v) is 8.16.